The van der Waals surface area contributed by atoms with Gasteiger partial charge in [0.2, 0.25) is 0 Å². The summed E-state index contributed by atoms with van der Waals surface area (Å²) in [6.07, 6.45) is 0.972. The maximum atomic E-state index is 6.13. The van der Waals surface area contributed by atoms with Gasteiger partial charge in [-0.05, 0) is 74.7 Å². The summed E-state index contributed by atoms with van der Waals surface area (Å²) >= 11 is 12.3. The SMILES string of the molecule is S=C1N2CC(Cc3ccc4ccc5cccc6ccc3c4c56)CN3C(=S)N4CCOCCOCCOCCN1S4=C23. The molecule has 8 rings (SSSR count). The first-order valence-electron chi connectivity index (χ1n) is 14.4. The van der Waals surface area contributed by atoms with Crippen LogP contribution in [-0.4, -0.2) is 99.6 Å². The molecule has 0 amide bonds. The van der Waals surface area contributed by atoms with Crippen molar-refractivity contribution in [3.05, 3.63) is 60.2 Å². The van der Waals surface area contributed by atoms with Crippen molar-refractivity contribution in [1.82, 2.24) is 18.4 Å². The van der Waals surface area contributed by atoms with Crippen LogP contribution in [0.25, 0.3) is 32.3 Å². The van der Waals surface area contributed by atoms with E-state index in [4.69, 9.17) is 38.6 Å². The molecule has 0 unspecified atom stereocenters. The molecule has 0 radical (unpaired) electrons. The fourth-order valence-electron chi connectivity index (χ4n) is 6.74. The Morgan fingerprint density at radius 2 is 1.20 bits per heavy atom. The van der Waals surface area contributed by atoms with Crippen LogP contribution in [0.4, 0.5) is 0 Å². The number of thiocarbonyl (C=S) groups is 2. The fourth-order valence-corrected chi connectivity index (χ4v) is 10.1. The van der Waals surface area contributed by atoms with E-state index in [9.17, 15) is 0 Å². The molecule has 41 heavy (non-hydrogen) atoms. The Bertz CT molecular complexity index is 1650. The van der Waals surface area contributed by atoms with E-state index in [1.54, 1.807) is 0 Å². The van der Waals surface area contributed by atoms with Gasteiger partial charge in [0.05, 0.1) is 63.6 Å². The molecule has 4 heterocycles. The lowest BCUT2D eigenvalue weighted by Gasteiger charge is -2.40. The normalized spacial score (nSPS) is 21.6. The molecule has 4 aliphatic rings. The highest BCUT2D eigenvalue weighted by molar-refractivity contribution is 8.14. The molecule has 2 saturated heterocycles. The summed E-state index contributed by atoms with van der Waals surface area (Å²) in [7, 11) is -0.347. The molecule has 0 atom stereocenters. The molecule has 7 nitrogen and oxygen atoms in total. The molecule has 0 spiro atoms. The van der Waals surface area contributed by atoms with Gasteiger partial charge in [-0.1, -0.05) is 54.6 Å². The van der Waals surface area contributed by atoms with Crippen LogP contribution in [0, 0.1) is 5.92 Å². The third-order valence-electron chi connectivity index (χ3n) is 8.56. The van der Waals surface area contributed by atoms with Gasteiger partial charge in [-0.25, -0.2) is 0 Å². The van der Waals surface area contributed by atoms with Gasteiger partial charge < -0.3 is 14.2 Å². The van der Waals surface area contributed by atoms with Crippen molar-refractivity contribution in [1.29, 1.82) is 0 Å². The zero-order chi connectivity index (χ0) is 27.5. The topological polar surface area (TPSA) is 40.7 Å². The first-order valence-corrected chi connectivity index (χ1v) is 16.3. The number of ether oxygens (including phenoxy) is 3. The second-order valence-electron chi connectivity index (χ2n) is 11.0. The zero-order valence-electron chi connectivity index (χ0n) is 22.8. The lowest BCUT2D eigenvalue weighted by molar-refractivity contribution is 0.0131. The van der Waals surface area contributed by atoms with Gasteiger partial charge >= 0.3 is 0 Å². The van der Waals surface area contributed by atoms with Crippen molar-refractivity contribution in [2.75, 3.05) is 65.8 Å². The van der Waals surface area contributed by atoms with E-state index in [-0.39, 0.29) is 10.9 Å². The smallest absolute Gasteiger partial charge is 0.188 e. The molecule has 0 N–H and O–H groups in total. The van der Waals surface area contributed by atoms with E-state index in [0.717, 1.165) is 42.8 Å². The summed E-state index contributed by atoms with van der Waals surface area (Å²) in [5.41, 5.74) is 1.39. The van der Waals surface area contributed by atoms with Crippen LogP contribution in [0.1, 0.15) is 5.56 Å². The van der Waals surface area contributed by atoms with Gasteiger partial charge in [-0.15, -0.1) is 0 Å². The quantitative estimate of drug-likeness (QED) is 0.237. The van der Waals surface area contributed by atoms with E-state index in [0.29, 0.717) is 45.6 Å². The second-order valence-corrected chi connectivity index (χ2v) is 13.5. The molecule has 4 aromatic carbocycles. The zero-order valence-corrected chi connectivity index (χ0v) is 25.2. The number of hydrogen-bond donors (Lipinski definition) is 0. The third-order valence-corrected chi connectivity index (χ3v) is 12.0. The van der Waals surface area contributed by atoms with Crippen molar-refractivity contribution in [3.8, 4) is 0 Å². The first kappa shape index (κ1) is 26.1. The largest absolute Gasteiger partial charge is 0.377 e. The highest BCUT2D eigenvalue weighted by atomic mass is 32.2. The summed E-state index contributed by atoms with van der Waals surface area (Å²) in [5, 5.41) is 11.0. The molecule has 4 aromatic rings. The lowest BCUT2D eigenvalue weighted by atomic mass is 9.88. The van der Waals surface area contributed by atoms with Crippen LogP contribution in [-0.2, 0) is 20.6 Å². The van der Waals surface area contributed by atoms with Gasteiger partial charge in [-0.3, -0.25) is 18.4 Å². The highest BCUT2D eigenvalue weighted by Gasteiger charge is 2.50. The van der Waals surface area contributed by atoms with Crippen LogP contribution in [0.2, 0.25) is 0 Å². The first-order chi connectivity index (χ1) is 20.2. The standard InChI is InChI=1S/C31H32N4O3S3/c39-29-32-19-21(18-25-7-6-24-5-4-22-2-1-3-23-8-9-26(25)28(24)27(22)23)20-33-30(40)35-11-13-37-15-17-38-16-14-36-12-10-34(29)41(35)31(32)33/h1-9,21H,10-20H2. The molecule has 2 fully saturated rings. The fraction of sp³-hybridized carbons (Fsp3) is 0.387. The second kappa shape index (κ2) is 10.6. The van der Waals surface area contributed by atoms with Gasteiger partial charge in [0.15, 0.2) is 15.3 Å². The number of rotatable bonds is 2. The molecule has 0 aliphatic carbocycles. The molecule has 0 bridgehead atoms. The van der Waals surface area contributed by atoms with Crippen LogP contribution in [0.15, 0.2) is 54.6 Å². The Labute approximate surface area is 253 Å². The molecule has 0 saturated carbocycles. The molecular weight excluding hydrogens is 573 g/mol. The van der Waals surface area contributed by atoms with Crippen LogP contribution < -0.4 is 0 Å². The van der Waals surface area contributed by atoms with Crippen molar-refractivity contribution >= 4 is 82.9 Å². The van der Waals surface area contributed by atoms with Crippen LogP contribution in [0.3, 0.4) is 0 Å². The number of nitrogens with zero attached hydrogens (tertiary/aromatic N) is 4. The van der Waals surface area contributed by atoms with E-state index in [1.807, 2.05) is 0 Å². The van der Waals surface area contributed by atoms with Crippen LogP contribution >= 0.6 is 35.3 Å². The number of benzene rings is 4. The number of hydrogen-bond acceptors (Lipinski definition) is 5. The predicted octanol–water partition coefficient (Wildman–Crippen LogP) is 4.81. The molecular formula is C31H32N4O3S3. The molecule has 10 heteroatoms. The van der Waals surface area contributed by atoms with Crippen LogP contribution in [0.5, 0.6) is 0 Å². The summed E-state index contributed by atoms with van der Waals surface area (Å²) in [4.78, 5) is 4.72. The van der Waals surface area contributed by atoms with Crippen molar-refractivity contribution in [3.63, 3.8) is 0 Å². The predicted molar refractivity (Wildman–Crippen MR) is 174 cm³/mol. The minimum absolute atomic E-state index is 0.347. The van der Waals surface area contributed by atoms with E-state index in [1.165, 1.54) is 43.0 Å². The third kappa shape index (κ3) is 4.30. The van der Waals surface area contributed by atoms with Gasteiger partial charge in [0, 0.05) is 13.1 Å². The molecule has 4 aliphatic heterocycles. The van der Waals surface area contributed by atoms with Crippen molar-refractivity contribution < 1.29 is 14.2 Å². The highest BCUT2D eigenvalue weighted by Crippen LogP contribution is 2.45. The average molecular weight is 605 g/mol. The van der Waals surface area contributed by atoms with Gasteiger partial charge in [0.1, 0.15) is 0 Å². The molecule has 0 aromatic heterocycles. The van der Waals surface area contributed by atoms with E-state index >= 15 is 0 Å². The summed E-state index contributed by atoms with van der Waals surface area (Å²) in [5.74, 6) is 0.383. The van der Waals surface area contributed by atoms with Gasteiger partial charge in [0.25, 0.3) is 0 Å². The summed E-state index contributed by atoms with van der Waals surface area (Å²) in [6, 6.07) is 20.3. The minimum Gasteiger partial charge on any atom is -0.377 e. The van der Waals surface area contributed by atoms with Crippen molar-refractivity contribution in [2.24, 2.45) is 5.92 Å². The maximum Gasteiger partial charge on any atom is 0.188 e. The van der Waals surface area contributed by atoms with Crippen molar-refractivity contribution in [2.45, 2.75) is 6.42 Å². The summed E-state index contributed by atoms with van der Waals surface area (Å²) < 4.78 is 22.0. The Hall–Kier alpha value is -2.60. The van der Waals surface area contributed by atoms with E-state index < -0.39 is 0 Å². The molecule has 212 valence electrons. The summed E-state index contributed by atoms with van der Waals surface area (Å²) in [6.45, 7) is 6.78. The Morgan fingerprint density at radius 1 is 0.659 bits per heavy atom. The monoisotopic (exact) mass is 604 g/mol. The average Bonchev–Trinajstić information content (AvgIpc) is 3.42. The van der Waals surface area contributed by atoms with Gasteiger partial charge in [-0.2, -0.15) is 0 Å². The Balaban J connectivity index is 1.12. The Kier molecular flexibility index (Phi) is 6.73. The van der Waals surface area contributed by atoms with E-state index in [2.05, 4.69) is 73.0 Å². The Morgan fingerprint density at radius 3 is 1.83 bits per heavy atom. The minimum atomic E-state index is -0.347. The maximum absolute atomic E-state index is 6.13. The lowest BCUT2D eigenvalue weighted by Crippen LogP contribution is -2.56.